The van der Waals surface area contributed by atoms with Gasteiger partial charge in [-0.3, -0.25) is 0 Å². The molecule has 1 aromatic carbocycles. The molecular formula is C18H27N3S. The van der Waals surface area contributed by atoms with E-state index in [1.54, 1.807) is 0 Å². The van der Waals surface area contributed by atoms with Crippen molar-refractivity contribution in [2.24, 2.45) is 11.3 Å². The molecule has 1 aliphatic heterocycles. The average Bonchev–Trinajstić information content (AvgIpc) is 2.66. The molecule has 22 heavy (non-hydrogen) atoms. The van der Waals surface area contributed by atoms with Gasteiger partial charge < -0.3 is 5.32 Å². The molecule has 4 heteroatoms. The van der Waals surface area contributed by atoms with Gasteiger partial charge in [0.1, 0.15) is 5.66 Å². The Kier molecular flexibility index (Phi) is 3.73. The third-order valence-corrected chi connectivity index (χ3v) is 5.35. The van der Waals surface area contributed by atoms with Crippen LogP contribution in [0.25, 0.3) is 0 Å². The van der Waals surface area contributed by atoms with Crippen molar-refractivity contribution in [3.63, 3.8) is 0 Å². The first-order valence-corrected chi connectivity index (χ1v) is 8.59. The van der Waals surface area contributed by atoms with E-state index >= 15 is 0 Å². The number of hydrogen-bond acceptors (Lipinski definition) is 2. The van der Waals surface area contributed by atoms with Crippen LogP contribution in [0.4, 0.5) is 5.69 Å². The minimum absolute atomic E-state index is 0.103. The van der Waals surface area contributed by atoms with E-state index < -0.39 is 0 Å². The van der Waals surface area contributed by atoms with Gasteiger partial charge in [0.15, 0.2) is 5.11 Å². The van der Waals surface area contributed by atoms with Crippen LogP contribution in [0.5, 0.6) is 0 Å². The van der Waals surface area contributed by atoms with Gasteiger partial charge in [-0.1, -0.05) is 32.9 Å². The molecule has 1 aromatic rings. The van der Waals surface area contributed by atoms with Crippen molar-refractivity contribution in [3.8, 4) is 0 Å². The Morgan fingerprint density at radius 2 is 1.95 bits per heavy atom. The number of hydrogen-bond donors (Lipinski definition) is 2. The summed E-state index contributed by atoms with van der Waals surface area (Å²) in [5, 5.41) is 6.46. The lowest BCUT2D eigenvalue weighted by Gasteiger charge is -2.45. The van der Waals surface area contributed by atoms with Gasteiger partial charge in [0, 0.05) is 0 Å². The van der Waals surface area contributed by atoms with Crippen LogP contribution in [-0.4, -0.2) is 10.8 Å². The number of nitrogens with one attached hydrogen (secondary N) is 2. The summed E-state index contributed by atoms with van der Waals surface area (Å²) in [4.78, 5) is 0. The van der Waals surface area contributed by atoms with Crippen LogP contribution in [-0.2, 0) is 0 Å². The molecule has 0 radical (unpaired) electrons. The van der Waals surface area contributed by atoms with Crippen molar-refractivity contribution in [3.05, 3.63) is 29.3 Å². The molecule has 3 rings (SSSR count). The summed E-state index contributed by atoms with van der Waals surface area (Å²) in [5.74, 6) is 0.685. The lowest BCUT2D eigenvalue weighted by Crippen LogP contribution is -2.57. The van der Waals surface area contributed by atoms with Gasteiger partial charge in [-0.15, -0.1) is 0 Å². The number of hydrazine groups is 1. The number of nitrogens with zero attached hydrogens (tertiary/aromatic N) is 1. The Balaban J connectivity index is 1.91. The van der Waals surface area contributed by atoms with E-state index in [0.717, 1.165) is 23.6 Å². The highest BCUT2D eigenvalue weighted by atomic mass is 32.1. The third kappa shape index (κ3) is 2.74. The zero-order chi connectivity index (χ0) is 16.1. The number of benzene rings is 1. The molecule has 0 aromatic heterocycles. The summed E-state index contributed by atoms with van der Waals surface area (Å²) in [6, 6.07) is 6.38. The molecule has 120 valence electrons. The lowest BCUT2D eigenvalue weighted by molar-refractivity contribution is 0.0828. The van der Waals surface area contributed by atoms with Crippen LogP contribution in [0.3, 0.4) is 0 Å². The second kappa shape index (κ2) is 5.20. The first kappa shape index (κ1) is 15.8. The number of rotatable bonds is 1. The maximum absolute atomic E-state index is 5.64. The molecule has 1 spiro atoms. The Bertz CT molecular complexity index is 610. The molecule has 2 atom stereocenters. The molecule has 0 unspecified atom stereocenters. The van der Waals surface area contributed by atoms with Crippen LogP contribution >= 0.6 is 12.2 Å². The molecule has 2 fully saturated rings. The highest BCUT2D eigenvalue weighted by Gasteiger charge is 2.48. The first-order valence-electron chi connectivity index (χ1n) is 8.18. The van der Waals surface area contributed by atoms with Gasteiger partial charge in [0.2, 0.25) is 0 Å². The fraction of sp³-hybridized carbons (Fsp3) is 0.611. The van der Waals surface area contributed by atoms with Crippen molar-refractivity contribution in [1.82, 2.24) is 10.7 Å². The topological polar surface area (TPSA) is 27.3 Å². The van der Waals surface area contributed by atoms with Crippen LogP contribution < -0.4 is 15.8 Å². The Morgan fingerprint density at radius 1 is 1.23 bits per heavy atom. The van der Waals surface area contributed by atoms with Crippen molar-refractivity contribution in [1.29, 1.82) is 0 Å². The van der Waals surface area contributed by atoms with Crippen LogP contribution in [0, 0.1) is 25.2 Å². The molecule has 1 saturated carbocycles. The Labute approximate surface area is 139 Å². The van der Waals surface area contributed by atoms with E-state index in [1.165, 1.54) is 17.5 Å². The molecule has 2 N–H and O–H groups in total. The highest BCUT2D eigenvalue weighted by molar-refractivity contribution is 7.80. The van der Waals surface area contributed by atoms with E-state index in [0.29, 0.717) is 11.3 Å². The molecule has 1 saturated heterocycles. The molecule has 2 aliphatic rings. The van der Waals surface area contributed by atoms with E-state index in [9.17, 15) is 0 Å². The third-order valence-electron chi connectivity index (χ3n) is 5.07. The standard InChI is InChI=1S/C18H27N3S/c1-12-9-17(4,5)11-18(10-12)19-16(22)21(20-18)15-8-6-7-13(2)14(15)3/h6-8,12,20H,9-11H2,1-5H3,(H,19,22)/t12-,18-/m1/s1. The van der Waals surface area contributed by atoms with E-state index in [2.05, 4.69) is 68.6 Å². The van der Waals surface area contributed by atoms with Crippen LogP contribution in [0.2, 0.25) is 0 Å². The van der Waals surface area contributed by atoms with Crippen LogP contribution in [0.15, 0.2) is 18.2 Å². The lowest BCUT2D eigenvalue weighted by atomic mass is 9.68. The minimum atomic E-state index is -0.103. The second-order valence-corrected chi connectivity index (χ2v) is 8.42. The quantitative estimate of drug-likeness (QED) is 0.764. The minimum Gasteiger partial charge on any atom is -0.342 e. The van der Waals surface area contributed by atoms with Crippen molar-refractivity contribution >= 4 is 23.0 Å². The Hall–Kier alpha value is -1.13. The SMILES string of the molecule is Cc1cccc(N2N[C@@]3(C[C@H](C)CC(C)(C)C3)NC2=S)c1C. The largest absolute Gasteiger partial charge is 0.342 e. The summed E-state index contributed by atoms with van der Waals surface area (Å²) in [7, 11) is 0. The number of thiocarbonyl (C=S) groups is 1. The molecule has 1 aliphatic carbocycles. The van der Waals surface area contributed by atoms with Gasteiger partial charge in [-0.25, -0.2) is 10.4 Å². The fourth-order valence-electron chi connectivity index (χ4n) is 4.45. The van der Waals surface area contributed by atoms with Gasteiger partial charge in [0.25, 0.3) is 0 Å². The van der Waals surface area contributed by atoms with Gasteiger partial charge >= 0.3 is 0 Å². The maximum Gasteiger partial charge on any atom is 0.189 e. The van der Waals surface area contributed by atoms with E-state index in [-0.39, 0.29) is 5.66 Å². The number of aryl methyl sites for hydroxylation is 1. The molecular weight excluding hydrogens is 290 g/mol. The van der Waals surface area contributed by atoms with Crippen molar-refractivity contribution in [2.75, 3.05) is 5.01 Å². The molecule has 3 nitrogen and oxygen atoms in total. The number of anilines is 1. The van der Waals surface area contributed by atoms with Crippen molar-refractivity contribution in [2.45, 2.75) is 59.5 Å². The summed E-state index contributed by atoms with van der Waals surface area (Å²) < 4.78 is 0. The fourth-order valence-corrected chi connectivity index (χ4v) is 4.79. The zero-order valence-corrected chi connectivity index (χ0v) is 15.1. The normalized spacial score (nSPS) is 30.7. The zero-order valence-electron chi connectivity index (χ0n) is 14.3. The predicted molar refractivity (Wildman–Crippen MR) is 96.8 cm³/mol. The summed E-state index contributed by atoms with van der Waals surface area (Å²) in [6.07, 6.45) is 3.47. The summed E-state index contributed by atoms with van der Waals surface area (Å²) >= 11 is 5.64. The molecule has 0 amide bonds. The maximum atomic E-state index is 5.64. The highest BCUT2D eigenvalue weighted by Crippen LogP contribution is 2.44. The van der Waals surface area contributed by atoms with E-state index in [1.807, 2.05) is 0 Å². The first-order chi connectivity index (χ1) is 10.2. The smallest absolute Gasteiger partial charge is 0.189 e. The summed E-state index contributed by atoms with van der Waals surface area (Å²) in [6.45, 7) is 11.4. The van der Waals surface area contributed by atoms with Gasteiger partial charge in [-0.2, -0.15) is 0 Å². The summed E-state index contributed by atoms with van der Waals surface area (Å²) in [5.41, 5.74) is 7.66. The molecule has 0 bridgehead atoms. The van der Waals surface area contributed by atoms with Gasteiger partial charge in [0.05, 0.1) is 5.69 Å². The monoisotopic (exact) mass is 317 g/mol. The van der Waals surface area contributed by atoms with Gasteiger partial charge in [-0.05, 0) is 73.9 Å². The van der Waals surface area contributed by atoms with E-state index in [4.69, 9.17) is 12.2 Å². The Morgan fingerprint density at radius 3 is 2.64 bits per heavy atom. The van der Waals surface area contributed by atoms with Crippen LogP contribution in [0.1, 0.15) is 51.2 Å². The molecule has 1 heterocycles. The van der Waals surface area contributed by atoms with Crippen molar-refractivity contribution < 1.29 is 0 Å². The predicted octanol–water partition coefficient (Wildman–Crippen LogP) is 4.05. The average molecular weight is 318 g/mol. The second-order valence-electron chi connectivity index (χ2n) is 8.03.